The summed E-state index contributed by atoms with van der Waals surface area (Å²) in [5.41, 5.74) is 0.432. The molecule has 0 spiro atoms. The van der Waals surface area contributed by atoms with E-state index in [1.807, 2.05) is 0 Å². The van der Waals surface area contributed by atoms with Crippen molar-refractivity contribution in [2.45, 2.75) is 0 Å². The highest BCUT2D eigenvalue weighted by atomic mass is 35.5. The molecule has 0 bridgehead atoms. The van der Waals surface area contributed by atoms with Crippen molar-refractivity contribution in [1.29, 1.82) is 0 Å². The van der Waals surface area contributed by atoms with Crippen LogP contribution in [-0.2, 0) is 9.53 Å². The molecule has 0 saturated heterocycles. The molecule has 0 aliphatic carbocycles. The van der Waals surface area contributed by atoms with Gasteiger partial charge in [-0.15, -0.1) is 0 Å². The van der Waals surface area contributed by atoms with Crippen LogP contribution in [-0.4, -0.2) is 18.1 Å². The van der Waals surface area contributed by atoms with Crippen LogP contribution in [0.3, 0.4) is 0 Å². The Hall–Kier alpha value is -1.24. The number of methoxy groups -OCH3 is 1. The van der Waals surface area contributed by atoms with Crippen molar-refractivity contribution in [2.24, 2.45) is 0 Å². The first-order valence-electron chi connectivity index (χ1n) is 3.55. The molecule has 1 rings (SSSR count). The molecule has 5 heteroatoms. The predicted molar refractivity (Wildman–Crippen MR) is 53.2 cm³/mol. The Morgan fingerprint density at radius 2 is 2.21 bits per heavy atom. The van der Waals surface area contributed by atoms with E-state index in [0.717, 1.165) is 0 Å². The fraction of sp³-hybridized carbons (Fsp3) is 0.111. The molecule has 1 aromatic rings. The van der Waals surface area contributed by atoms with Crippen LogP contribution in [0.2, 0.25) is 10.3 Å². The molecule has 14 heavy (non-hydrogen) atoms. The molecular weight excluding hydrogens is 225 g/mol. The smallest absolute Gasteiger partial charge is 0.384 e. The third-order valence-electron chi connectivity index (χ3n) is 1.30. The van der Waals surface area contributed by atoms with Gasteiger partial charge in [0.15, 0.2) is 0 Å². The summed E-state index contributed by atoms with van der Waals surface area (Å²) in [4.78, 5) is 14.4. The summed E-state index contributed by atoms with van der Waals surface area (Å²) in [5, 5.41) is 0.438. The normalized spacial score (nSPS) is 8.79. The molecule has 0 radical (unpaired) electrons. The third-order valence-corrected chi connectivity index (χ3v) is 1.80. The van der Waals surface area contributed by atoms with E-state index in [2.05, 4.69) is 21.6 Å². The molecule has 0 aliphatic heterocycles. The monoisotopic (exact) mass is 229 g/mol. The van der Waals surface area contributed by atoms with Crippen molar-refractivity contribution < 1.29 is 9.53 Å². The van der Waals surface area contributed by atoms with E-state index in [0.29, 0.717) is 5.56 Å². The third kappa shape index (κ3) is 2.91. The quantitative estimate of drug-likeness (QED) is 0.388. The summed E-state index contributed by atoms with van der Waals surface area (Å²) in [6.45, 7) is 0. The molecule has 0 N–H and O–H groups in total. The molecule has 0 unspecified atom stereocenters. The molecule has 3 nitrogen and oxygen atoms in total. The minimum absolute atomic E-state index is 0.161. The van der Waals surface area contributed by atoms with Crippen molar-refractivity contribution in [1.82, 2.24) is 4.98 Å². The maximum absolute atomic E-state index is 10.7. The summed E-state index contributed by atoms with van der Waals surface area (Å²) in [6.07, 6.45) is 0. The lowest BCUT2D eigenvalue weighted by molar-refractivity contribution is -0.133. The summed E-state index contributed by atoms with van der Waals surface area (Å²) in [5.74, 6) is 4.11. The van der Waals surface area contributed by atoms with Gasteiger partial charge in [-0.25, -0.2) is 9.78 Å². The number of hydrogen-bond donors (Lipinski definition) is 0. The van der Waals surface area contributed by atoms with Crippen LogP contribution < -0.4 is 0 Å². The molecule has 0 atom stereocenters. The molecule has 0 fully saturated rings. The van der Waals surface area contributed by atoms with Crippen molar-refractivity contribution >= 4 is 29.2 Å². The van der Waals surface area contributed by atoms with Crippen molar-refractivity contribution in [3.63, 3.8) is 0 Å². The highest BCUT2D eigenvalue weighted by Gasteiger charge is 1.99. The molecule has 0 aliphatic rings. The molecule has 0 amide bonds. The first kappa shape index (κ1) is 10.8. The first-order chi connectivity index (χ1) is 6.63. The van der Waals surface area contributed by atoms with Gasteiger partial charge in [0.1, 0.15) is 10.3 Å². The number of carbonyl (C=O) groups excluding carboxylic acids is 1. The number of ether oxygens (including phenoxy) is 1. The van der Waals surface area contributed by atoms with Gasteiger partial charge < -0.3 is 4.74 Å². The molecule has 1 heterocycles. The summed E-state index contributed by atoms with van der Waals surface area (Å²) >= 11 is 11.3. The Morgan fingerprint density at radius 1 is 1.50 bits per heavy atom. The largest absolute Gasteiger partial charge is 0.459 e. The van der Waals surface area contributed by atoms with Crippen LogP contribution in [0, 0.1) is 11.8 Å². The van der Waals surface area contributed by atoms with Gasteiger partial charge in [-0.1, -0.05) is 29.1 Å². The fourth-order valence-electron chi connectivity index (χ4n) is 0.675. The Kier molecular flexibility index (Phi) is 3.75. The van der Waals surface area contributed by atoms with Crippen molar-refractivity contribution in [2.75, 3.05) is 7.11 Å². The van der Waals surface area contributed by atoms with Crippen LogP contribution in [0.5, 0.6) is 0 Å². The summed E-state index contributed by atoms with van der Waals surface area (Å²) in [6, 6.07) is 3.11. The lowest BCUT2D eigenvalue weighted by atomic mass is 10.3. The van der Waals surface area contributed by atoms with E-state index in [-0.39, 0.29) is 10.3 Å². The van der Waals surface area contributed by atoms with Gasteiger partial charge in [-0.3, -0.25) is 0 Å². The number of aromatic nitrogens is 1. The number of pyridine rings is 1. The summed E-state index contributed by atoms with van der Waals surface area (Å²) < 4.78 is 4.33. The minimum Gasteiger partial charge on any atom is -0.459 e. The van der Waals surface area contributed by atoms with E-state index in [4.69, 9.17) is 23.2 Å². The van der Waals surface area contributed by atoms with Gasteiger partial charge >= 0.3 is 5.97 Å². The van der Waals surface area contributed by atoms with Crippen LogP contribution in [0.25, 0.3) is 0 Å². The van der Waals surface area contributed by atoms with E-state index >= 15 is 0 Å². The van der Waals surface area contributed by atoms with Crippen molar-refractivity contribution in [3.05, 3.63) is 28.0 Å². The Balaban J connectivity index is 2.96. The zero-order valence-corrected chi connectivity index (χ0v) is 8.69. The van der Waals surface area contributed by atoms with E-state index in [1.165, 1.54) is 13.2 Å². The van der Waals surface area contributed by atoms with Crippen LogP contribution in [0.1, 0.15) is 5.56 Å². The van der Waals surface area contributed by atoms with Crippen LogP contribution in [0.15, 0.2) is 12.1 Å². The van der Waals surface area contributed by atoms with Gasteiger partial charge in [0, 0.05) is 5.92 Å². The first-order valence-corrected chi connectivity index (χ1v) is 4.31. The fourth-order valence-corrected chi connectivity index (χ4v) is 1.07. The number of carbonyl (C=O) groups is 1. The SMILES string of the molecule is COC(=O)C#Cc1ccc(Cl)nc1Cl. The zero-order chi connectivity index (χ0) is 10.6. The molecule has 72 valence electrons. The topological polar surface area (TPSA) is 39.2 Å². The van der Waals surface area contributed by atoms with E-state index < -0.39 is 5.97 Å². The highest BCUT2D eigenvalue weighted by Crippen LogP contribution is 2.15. The number of hydrogen-bond acceptors (Lipinski definition) is 3. The minimum atomic E-state index is -0.629. The van der Waals surface area contributed by atoms with Gasteiger partial charge in [-0.2, -0.15) is 0 Å². The maximum Gasteiger partial charge on any atom is 0.384 e. The van der Waals surface area contributed by atoms with Gasteiger partial charge in [0.25, 0.3) is 0 Å². The van der Waals surface area contributed by atoms with Gasteiger partial charge in [0.05, 0.1) is 12.7 Å². The Labute approximate surface area is 91.0 Å². The van der Waals surface area contributed by atoms with Gasteiger partial charge in [-0.05, 0) is 12.1 Å². The number of halogens is 2. The average Bonchev–Trinajstić information content (AvgIpc) is 2.16. The lowest BCUT2D eigenvalue weighted by Crippen LogP contribution is -1.94. The zero-order valence-electron chi connectivity index (χ0n) is 7.17. The second kappa shape index (κ2) is 4.85. The standard InChI is InChI=1S/C9H5Cl2NO2/c1-14-8(13)5-3-6-2-4-7(10)12-9(6)11/h2,4H,1H3. The molecule has 0 aromatic carbocycles. The number of esters is 1. The molecule has 0 saturated carbocycles. The van der Waals surface area contributed by atoms with E-state index in [9.17, 15) is 4.79 Å². The number of nitrogens with zero attached hydrogens (tertiary/aromatic N) is 1. The second-order valence-corrected chi connectivity index (χ2v) is 2.96. The van der Waals surface area contributed by atoms with Gasteiger partial charge in [0.2, 0.25) is 0 Å². The Morgan fingerprint density at radius 3 is 2.79 bits per heavy atom. The predicted octanol–water partition coefficient (Wildman–Crippen LogP) is 1.91. The molecular formula is C9H5Cl2NO2. The number of rotatable bonds is 0. The maximum atomic E-state index is 10.7. The highest BCUT2D eigenvalue weighted by molar-refractivity contribution is 6.33. The van der Waals surface area contributed by atoms with E-state index in [1.54, 1.807) is 6.07 Å². The van der Waals surface area contributed by atoms with Crippen LogP contribution >= 0.6 is 23.2 Å². The van der Waals surface area contributed by atoms with Crippen molar-refractivity contribution in [3.8, 4) is 11.8 Å². The average molecular weight is 230 g/mol. The second-order valence-electron chi connectivity index (χ2n) is 2.21. The lowest BCUT2D eigenvalue weighted by Gasteiger charge is -1.94. The Bertz CT molecular complexity index is 421. The summed E-state index contributed by atoms with van der Waals surface area (Å²) in [7, 11) is 1.25. The van der Waals surface area contributed by atoms with Crippen LogP contribution in [0.4, 0.5) is 0 Å². The molecule has 1 aromatic heterocycles.